The van der Waals surface area contributed by atoms with Crippen molar-refractivity contribution >= 4 is 11.5 Å². The molecule has 1 heterocycles. The lowest BCUT2D eigenvalue weighted by Gasteiger charge is -2.17. The van der Waals surface area contributed by atoms with Gasteiger partial charge in [-0.2, -0.15) is 9.97 Å². The van der Waals surface area contributed by atoms with Crippen LogP contribution in [0.15, 0.2) is 18.2 Å². The molecule has 0 amide bonds. The normalized spacial score (nSPS) is 10.2. The van der Waals surface area contributed by atoms with Gasteiger partial charge in [0.1, 0.15) is 5.82 Å². The highest BCUT2D eigenvalue weighted by Crippen LogP contribution is 2.25. The van der Waals surface area contributed by atoms with Crippen molar-refractivity contribution in [2.75, 3.05) is 33.2 Å². The second kappa shape index (κ2) is 6.33. The number of ketones is 1. The lowest BCUT2D eigenvalue weighted by molar-refractivity contribution is 0.102. The summed E-state index contributed by atoms with van der Waals surface area (Å²) in [5.74, 6) is -1.25. The maximum absolute atomic E-state index is 14.0. The maximum atomic E-state index is 14.0. The summed E-state index contributed by atoms with van der Waals surface area (Å²) in [6.45, 7) is 0. The van der Waals surface area contributed by atoms with Gasteiger partial charge in [0.2, 0.25) is 11.6 Å². The first-order chi connectivity index (χ1) is 10.5. The van der Waals surface area contributed by atoms with E-state index < -0.39 is 11.6 Å². The number of nitrogens with zero attached hydrogens (tertiary/aromatic N) is 4. The molecule has 0 radical (unpaired) electrons. The Morgan fingerprint density at radius 2 is 1.68 bits per heavy atom. The quantitative estimate of drug-likeness (QED) is 0.771. The number of hydrogen-bond acceptors (Lipinski definition) is 7. The summed E-state index contributed by atoms with van der Waals surface area (Å²) in [5.41, 5.74) is 0.297. The Hall–Kier alpha value is -2.77. The van der Waals surface area contributed by atoms with Crippen LogP contribution in [-0.2, 0) is 0 Å². The Morgan fingerprint density at radius 1 is 1.09 bits per heavy atom. The first-order valence-electron chi connectivity index (χ1n) is 6.32. The zero-order valence-electron chi connectivity index (χ0n) is 12.6. The predicted molar refractivity (Wildman–Crippen MR) is 77.1 cm³/mol. The summed E-state index contributed by atoms with van der Waals surface area (Å²) in [6, 6.07) is 4.12. The number of rotatable bonds is 5. The van der Waals surface area contributed by atoms with Gasteiger partial charge in [-0.3, -0.25) is 4.79 Å². The standard InChI is InChI=1S/C14H15FN4O3/c1-19(2)10-8(6-5-7-9(10)15)11(20)12-16-13(21-3)18-14(17-12)22-4/h5-7H,1-4H3. The molecule has 0 aliphatic heterocycles. The first-order valence-corrected chi connectivity index (χ1v) is 6.32. The summed E-state index contributed by atoms with van der Waals surface area (Å²) in [4.78, 5) is 25.7. The number of aromatic nitrogens is 3. The number of halogens is 1. The molecule has 116 valence electrons. The molecule has 2 rings (SSSR count). The Bertz CT molecular complexity index is 684. The molecule has 0 aliphatic carbocycles. The maximum Gasteiger partial charge on any atom is 0.323 e. The zero-order valence-corrected chi connectivity index (χ0v) is 12.6. The van der Waals surface area contributed by atoms with Crippen molar-refractivity contribution < 1.29 is 18.7 Å². The SMILES string of the molecule is COc1nc(OC)nc(C(=O)c2cccc(F)c2N(C)C)n1. The highest BCUT2D eigenvalue weighted by atomic mass is 19.1. The van der Waals surface area contributed by atoms with Crippen LogP contribution in [0.2, 0.25) is 0 Å². The van der Waals surface area contributed by atoms with Crippen molar-refractivity contribution in [1.82, 2.24) is 15.0 Å². The van der Waals surface area contributed by atoms with Crippen molar-refractivity contribution in [2.24, 2.45) is 0 Å². The fraction of sp³-hybridized carbons (Fsp3) is 0.286. The number of hydrogen-bond donors (Lipinski definition) is 0. The smallest absolute Gasteiger partial charge is 0.323 e. The van der Waals surface area contributed by atoms with Gasteiger partial charge in [-0.05, 0) is 12.1 Å². The van der Waals surface area contributed by atoms with Crippen LogP contribution in [0.4, 0.5) is 10.1 Å². The molecule has 0 unspecified atom stereocenters. The third kappa shape index (κ3) is 2.95. The van der Waals surface area contributed by atoms with Gasteiger partial charge >= 0.3 is 12.0 Å². The first kappa shape index (κ1) is 15.6. The van der Waals surface area contributed by atoms with E-state index in [0.717, 1.165) is 0 Å². The van der Waals surface area contributed by atoms with E-state index in [2.05, 4.69) is 15.0 Å². The van der Waals surface area contributed by atoms with Gasteiger partial charge in [-0.15, -0.1) is 4.98 Å². The van der Waals surface area contributed by atoms with Crippen LogP contribution in [0.25, 0.3) is 0 Å². The van der Waals surface area contributed by atoms with Crippen LogP contribution in [-0.4, -0.2) is 49.1 Å². The highest BCUT2D eigenvalue weighted by molar-refractivity contribution is 6.10. The number of para-hydroxylation sites is 1. The lowest BCUT2D eigenvalue weighted by Crippen LogP contribution is -2.18. The predicted octanol–water partition coefficient (Wildman–Crippen LogP) is 1.32. The van der Waals surface area contributed by atoms with E-state index in [1.165, 1.54) is 37.3 Å². The van der Waals surface area contributed by atoms with Crippen molar-refractivity contribution in [2.45, 2.75) is 0 Å². The minimum absolute atomic E-state index is 0.0574. The van der Waals surface area contributed by atoms with Crippen LogP contribution < -0.4 is 14.4 Å². The molecule has 0 aliphatic rings. The molecule has 0 spiro atoms. The van der Waals surface area contributed by atoms with E-state index in [4.69, 9.17) is 9.47 Å². The molecule has 1 aromatic carbocycles. The summed E-state index contributed by atoms with van der Waals surface area (Å²) in [6.07, 6.45) is 0. The molecule has 0 saturated heterocycles. The van der Waals surface area contributed by atoms with Crippen LogP contribution >= 0.6 is 0 Å². The summed E-state index contributed by atoms with van der Waals surface area (Å²) < 4.78 is 23.8. The van der Waals surface area contributed by atoms with Crippen LogP contribution in [0.1, 0.15) is 16.2 Å². The molecule has 1 aromatic heterocycles. The van der Waals surface area contributed by atoms with Crippen LogP contribution in [0.3, 0.4) is 0 Å². The third-order valence-corrected chi connectivity index (χ3v) is 2.84. The van der Waals surface area contributed by atoms with Gasteiger partial charge < -0.3 is 14.4 Å². The van der Waals surface area contributed by atoms with Crippen molar-refractivity contribution in [3.63, 3.8) is 0 Å². The Morgan fingerprint density at radius 3 is 2.18 bits per heavy atom. The van der Waals surface area contributed by atoms with Crippen LogP contribution in [0, 0.1) is 5.82 Å². The molecule has 0 fully saturated rings. The van der Waals surface area contributed by atoms with Crippen molar-refractivity contribution in [1.29, 1.82) is 0 Å². The van der Waals surface area contributed by atoms with Gasteiger partial charge in [-0.25, -0.2) is 4.39 Å². The van der Waals surface area contributed by atoms with E-state index in [-0.39, 0.29) is 29.1 Å². The van der Waals surface area contributed by atoms with E-state index >= 15 is 0 Å². The van der Waals surface area contributed by atoms with E-state index in [1.54, 1.807) is 14.1 Å². The molecule has 7 nitrogen and oxygen atoms in total. The second-order valence-electron chi connectivity index (χ2n) is 4.49. The Balaban J connectivity index is 2.55. The van der Waals surface area contributed by atoms with E-state index in [9.17, 15) is 9.18 Å². The number of carbonyl (C=O) groups is 1. The molecule has 0 saturated carbocycles. The zero-order chi connectivity index (χ0) is 16.3. The third-order valence-electron chi connectivity index (χ3n) is 2.84. The number of ether oxygens (including phenoxy) is 2. The summed E-state index contributed by atoms with van der Waals surface area (Å²) in [5, 5.41) is 0. The van der Waals surface area contributed by atoms with Crippen LogP contribution in [0.5, 0.6) is 12.0 Å². The number of benzene rings is 1. The van der Waals surface area contributed by atoms with Gasteiger partial charge in [0.05, 0.1) is 25.5 Å². The fourth-order valence-corrected chi connectivity index (χ4v) is 1.90. The fourth-order valence-electron chi connectivity index (χ4n) is 1.90. The largest absolute Gasteiger partial charge is 0.467 e. The topological polar surface area (TPSA) is 77.4 Å². The number of anilines is 1. The summed E-state index contributed by atoms with van der Waals surface area (Å²) in [7, 11) is 6.00. The average Bonchev–Trinajstić information content (AvgIpc) is 2.52. The van der Waals surface area contributed by atoms with Crippen molar-refractivity contribution in [3.8, 4) is 12.0 Å². The van der Waals surface area contributed by atoms with E-state index in [0.29, 0.717) is 0 Å². The molecule has 2 aromatic rings. The Labute approximate surface area is 126 Å². The number of methoxy groups -OCH3 is 2. The van der Waals surface area contributed by atoms with Crippen molar-refractivity contribution in [3.05, 3.63) is 35.4 Å². The molecule has 0 N–H and O–H groups in total. The molecule has 0 atom stereocenters. The molecule has 22 heavy (non-hydrogen) atoms. The van der Waals surface area contributed by atoms with Gasteiger partial charge in [0, 0.05) is 14.1 Å². The number of carbonyl (C=O) groups excluding carboxylic acids is 1. The molecular formula is C14H15FN4O3. The summed E-state index contributed by atoms with van der Waals surface area (Å²) >= 11 is 0. The van der Waals surface area contributed by atoms with Gasteiger partial charge in [0.15, 0.2) is 0 Å². The molecule has 8 heteroatoms. The monoisotopic (exact) mass is 306 g/mol. The molecular weight excluding hydrogens is 291 g/mol. The van der Waals surface area contributed by atoms with Gasteiger partial charge in [-0.1, -0.05) is 6.07 Å². The Kier molecular flexibility index (Phi) is 4.50. The second-order valence-corrected chi connectivity index (χ2v) is 4.49. The average molecular weight is 306 g/mol. The van der Waals surface area contributed by atoms with Gasteiger partial charge in [0.25, 0.3) is 0 Å². The highest BCUT2D eigenvalue weighted by Gasteiger charge is 2.22. The lowest BCUT2D eigenvalue weighted by atomic mass is 10.1. The molecule has 0 bridgehead atoms. The van der Waals surface area contributed by atoms with E-state index in [1.807, 2.05) is 0 Å². The minimum atomic E-state index is -0.554. The minimum Gasteiger partial charge on any atom is -0.467 e.